The molecule has 5 heteroatoms. The van der Waals surface area contributed by atoms with Crippen LogP contribution in [0.2, 0.25) is 0 Å². The third-order valence-electron chi connectivity index (χ3n) is 1.72. The normalized spacial score (nSPS) is 16.5. The summed E-state index contributed by atoms with van der Waals surface area (Å²) >= 11 is 0. The number of nitrogens with one attached hydrogen (secondary N) is 1. The Bertz CT molecular complexity index is 210. The molecule has 0 bridgehead atoms. The lowest BCUT2D eigenvalue weighted by molar-refractivity contribution is -0.191. The first-order valence-electron chi connectivity index (χ1n) is 4.98. The molecule has 0 aliphatic rings. The van der Waals surface area contributed by atoms with Gasteiger partial charge >= 0.3 is 5.97 Å². The average molecular weight is 219 g/mol. The lowest BCUT2D eigenvalue weighted by Crippen LogP contribution is -2.49. The van der Waals surface area contributed by atoms with Crippen molar-refractivity contribution < 1.29 is 19.7 Å². The molecule has 0 saturated heterocycles. The van der Waals surface area contributed by atoms with Crippen LogP contribution in [-0.4, -0.2) is 34.2 Å². The fourth-order valence-corrected chi connectivity index (χ4v) is 1.07. The van der Waals surface area contributed by atoms with Crippen LogP contribution in [0.5, 0.6) is 0 Å². The molecule has 90 valence electrons. The van der Waals surface area contributed by atoms with Crippen LogP contribution >= 0.6 is 0 Å². The summed E-state index contributed by atoms with van der Waals surface area (Å²) in [5, 5.41) is 20.8. The minimum Gasteiger partial charge on any atom is -0.480 e. The van der Waals surface area contributed by atoms with Crippen LogP contribution in [-0.2, 0) is 9.53 Å². The van der Waals surface area contributed by atoms with Crippen LogP contribution < -0.4 is 5.32 Å². The van der Waals surface area contributed by atoms with Crippen LogP contribution in [0.4, 0.5) is 0 Å². The van der Waals surface area contributed by atoms with Gasteiger partial charge in [0.25, 0.3) is 0 Å². The zero-order valence-corrected chi connectivity index (χ0v) is 9.94. The van der Waals surface area contributed by atoms with Crippen molar-refractivity contribution in [3.63, 3.8) is 0 Å². The number of aliphatic hydroxyl groups excluding tert-OH is 1. The van der Waals surface area contributed by atoms with E-state index in [2.05, 4.69) is 5.32 Å². The maximum absolute atomic E-state index is 10.8. The van der Waals surface area contributed by atoms with E-state index >= 15 is 0 Å². The van der Waals surface area contributed by atoms with Crippen LogP contribution in [0.1, 0.15) is 34.6 Å². The molecule has 0 amide bonds. The van der Waals surface area contributed by atoms with E-state index in [1.807, 2.05) is 0 Å². The summed E-state index contributed by atoms with van der Waals surface area (Å²) in [6, 6.07) is -0.817. The maximum atomic E-state index is 10.8. The number of aliphatic carboxylic acids is 1. The summed E-state index contributed by atoms with van der Waals surface area (Å²) in [6.07, 6.45) is -1.27. The first kappa shape index (κ1) is 14.3. The van der Waals surface area contributed by atoms with Crippen molar-refractivity contribution in [3.8, 4) is 0 Å². The molecule has 0 aromatic heterocycles. The van der Waals surface area contributed by atoms with Gasteiger partial charge in [-0.05, 0) is 26.7 Å². The molecule has 0 saturated carbocycles. The third kappa shape index (κ3) is 6.43. The lowest BCUT2D eigenvalue weighted by Gasteiger charge is -2.27. The summed E-state index contributed by atoms with van der Waals surface area (Å²) in [5.41, 5.74) is -0.521. The Hall–Kier alpha value is -0.650. The van der Waals surface area contributed by atoms with Gasteiger partial charge in [-0.15, -0.1) is 0 Å². The fraction of sp³-hybridized carbons (Fsp3) is 0.900. The Morgan fingerprint density at radius 3 is 2.07 bits per heavy atom. The summed E-state index contributed by atoms with van der Waals surface area (Å²) in [5.74, 6) is -1.12. The zero-order chi connectivity index (χ0) is 12.2. The Kier molecular flexibility index (Phi) is 5.20. The largest absolute Gasteiger partial charge is 0.480 e. The van der Waals surface area contributed by atoms with Gasteiger partial charge in [-0.3, -0.25) is 10.1 Å². The second kappa shape index (κ2) is 5.44. The SMILES string of the molecule is CC(C)[C@@H](NC(O)OC(C)(C)C)C(=O)O. The highest BCUT2D eigenvalue weighted by atomic mass is 16.6. The molecule has 0 aliphatic heterocycles. The fourth-order valence-electron chi connectivity index (χ4n) is 1.07. The summed E-state index contributed by atoms with van der Waals surface area (Å²) in [7, 11) is 0. The Balaban J connectivity index is 4.24. The second-order valence-corrected chi connectivity index (χ2v) is 4.81. The van der Waals surface area contributed by atoms with Gasteiger partial charge in [-0.25, -0.2) is 0 Å². The number of carbonyl (C=O) groups is 1. The molecule has 1 unspecified atom stereocenters. The quantitative estimate of drug-likeness (QED) is 0.595. The number of carboxylic acids is 1. The topological polar surface area (TPSA) is 78.8 Å². The molecule has 0 spiro atoms. The number of ether oxygens (including phenoxy) is 1. The van der Waals surface area contributed by atoms with Crippen LogP contribution in [0, 0.1) is 5.92 Å². The molecular weight excluding hydrogens is 198 g/mol. The Labute approximate surface area is 90.4 Å². The molecule has 2 atom stereocenters. The molecule has 0 fully saturated rings. The Morgan fingerprint density at radius 1 is 1.33 bits per heavy atom. The van der Waals surface area contributed by atoms with Crippen LogP contribution in [0.3, 0.4) is 0 Å². The van der Waals surface area contributed by atoms with Crippen LogP contribution in [0.15, 0.2) is 0 Å². The molecule has 0 aromatic rings. The third-order valence-corrected chi connectivity index (χ3v) is 1.72. The van der Waals surface area contributed by atoms with E-state index in [0.717, 1.165) is 0 Å². The predicted octanol–water partition coefficient (Wildman–Crippen LogP) is 0.776. The molecule has 0 aliphatic carbocycles. The number of hydrogen-bond donors (Lipinski definition) is 3. The van der Waals surface area contributed by atoms with Crippen molar-refractivity contribution in [1.29, 1.82) is 0 Å². The molecule has 0 radical (unpaired) electrons. The minimum absolute atomic E-state index is 0.124. The van der Waals surface area contributed by atoms with Crippen molar-refractivity contribution in [3.05, 3.63) is 0 Å². The molecule has 5 nitrogen and oxygen atoms in total. The minimum atomic E-state index is -1.27. The first-order chi connectivity index (χ1) is 6.63. The van der Waals surface area contributed by atoms with Crippen molar-refractivity contribution in [2.45, 2.75) is 52.7 Å². The van der Waals surface area contributed by atoms with Crippen molar-refractivity contribution in [2.75, 3.05) is 0 Å². The predicted molar refractivity (Wildman–Crippen MR) is 56.2 cm³/mol. The average Bonchev–Trinajstić information content (AvgIpc) is 1.95. The number of carboxylic acid groups (broad SMARTS) is 1. The van der Waals surface area contributed by atoms with Crippen molar-refractivity contribution >= 4 is 5.97 Å². The monoisotopic (exact) mass is 219 g/mol. The van der Waals surface area contributed by atoms with Gasteiger partial charge in [0.1, 0.15) is 6.04 Å². The highest BCUT2D eigenvalue weighted by Gasteiger charge is 2.26. The highest BCUT2D eigenvalue weighted by molar-refractivity contribution is 5.73. The van der Waals surface area contributed by atoms with E-state index in [0.29, 0.717) is 0 Å². The van der Waals surface area contributed by atoms with E-state index in [-0.39, 0.29) is 5.92 Å². The van der Waals surface area contributed by atoms with E-state index < -0.39 is 24.0 Å². The molecule has 0 rings (SSSR count). The zero-order valence-electron chi connectivity index (χ0n) is 9.94. The summed E-state index contributed by atoms with van der Waals surface area (Å²) in [6.45, 7) is 8.86. The smallest absolute Gasteiger partial charge is 0.321 e. The Morgan fingerprint density at radius 2 is 1.80 bits per heavy atom. The number of rotatable bonds is 5. The van der Waals surface area contributed by atoms with Gasteiger partial charge in [0.2, 0.25) is 6.41 Å². The van der Waals surface area contributed by atoms with E-state index in [1.54, 1.807) is 34.6 Å². The molecule has 0 heterocycles. The van der Waals surface area contributed by atoms with Gasteiger partial charge < -0.3 is 14.9 Å². The van der Waals surface area contributed by atoms with Gasteiger partial charge in [0.15, 0.2) is 0 Å². The lowest BCUT2D eigenvalue weighted by atomic mass is 10.1. The molecule has 3 N–H and O–H groups in total. The van der Waals surface area contributed by atoms with Crippen LogP contribution in [0.25, 0.3) is 0 Å². The first-order valence-corrected chi connectivity index (χ1v) is 4.98. The standard InChI is InChI=1S/C10H21NO4/c1-6(2)7(8(12)13)11-9(14)15-10(3,4)5/h6-7,9,11,14H,1-5H3,(H,12,13)/t7-,9?/m1/s1. The second-order valence-electron chi connectivity index (χ2n) is 4.81. The van der Waals surface area contributed by atoms with Crippen molar-refractivity contribution in [1.82, 2.24) is 5.32 Å². The summed E-state index contributed by atoms with van der Waals surface area (Å²) < 4.78 is 5.15. The maximum Gasteiger partial charge on any atom is 0.321 e. The number of hydrogen-bond acceptors (Lipinski definition) is 4. The molecular formula is C10H21NO4. The van der Waals surface area contributed by atoms with Crippen molar-refractivity contribution in [2.24, 2.45) is 5.92 Å². The van der Waals surface area contributed by atoms with Gasteiger partial charge in [-0.1, -0.05) is 13.8 Å². The van der Waals surface area contributed by atoms with Gasteiger partial charge in [0, 0.05) is 0 Å². The summed E-state index contributed by atoms with van der Waals surface area (Å²) in [4.78, 5) is 10.8. The molecule has 15 heavy (non-hydrogen) atoms. The van der Waals surface area contributed by atoms with E-state index in [9.17, 15) is 9.90 Å². The van der Waals surface area contributed by atoms with Gasteiger partial charge in [-0.2, -0.15) is 0 Å². The van der Waals surface area contributed by atoms with Gasteiger partial charge in [0.05, 0.1) is 5.60 Å². The number of aliphatic hydroxyl groups is 1. The van der Waals surface area contributed by atoms with E-state index in [4.69, 9.17) is 9.84 Å². The molecule has 0 aromatic carbocycles. The van der Waals surface area contributed by atoms with E-state index in [1.165, 1.54) is 0 Å². The highest BCUT2D eigenvalue weighted by Crippen LogP contribution is 2.10.